The van der Waals surface area contributed by atoms with Crippen molar-refractivity contribution < 1.29 is 9.53 Å². The normalized spacial score (nSPS) is 14.6. The lowest BCUT2D eigenvalue weighted by atomic mass is 9.96. The van der Waals surface area contributed by atoms with Gasteiger partial charge in [0.05, 0.1) is 24.4 Å². The summed E-state index contributed by atoms with van der Waals surface area (Å²) in [5.74, 6) is 0.990. The van der Waals surface area contributed by atoms with Crippen LogP contribution >= 0.6 is 11.6 Å². The molecule has 0 spiro atoms. The Kier molecular flexibility index (Phi) is 5.94. The molecule has 4 aromatic rings. The van der Waals surface area contributed by atoms with Gasteiger partial charge in [-0.25, -0.2) is 0 Å². The highest BCUT2D eigenvalue weighted by Crippen LogP contribution is 2.35. The van der Waals surface area contributed by atoms with Crippen molar-refractivity contribution in [1.82, 2.24) is 19.7 Å². The van der Waals surface area contributed by atoms with Crippen LogP contribution in [0.1, 0.15) is 42.2 Å². The molecule has 0 bridgehead atoms. The fourth-order valence-corrected chi connectivity index (χ4v) is 4.30. The average Bonchev–Trinajstić information content (AvgIpc) is 3.17. The minimum Gasteiger partial charge on any atom is -0.466 e. The van der Waals surface area contributed by atoms with Crippen LogP contribution in [0.2, 0.25) is 5.02 Å². The van der Waals surface area contributed by atoms with Crippen molar-refractivity contribution in [1.29, 1.82) is 0 Å². The average molecular weight is 472 g/mol. The summed E-state index contributed by atoms with van der Waals surface area (Å²) in [6, 6.07) is 17.1. The van der Waals surface area contributed by atoms with Crippen molar-refractivity contribution >= 4 is 23.3 Å². The lowest BCUT2D eigenvalue weighted by molar-refractivity contribution is -0.143. The maximum absolute atomic E-state index is 12.5. The van der Waals surface area contributed by atoms with Crippen molar-refractivity contribution in [2.75, 3.05) is 6.61 Å². The van der Waals surface area contributed by atoms with Gasteiger partial charge in [-0.3, -0.25) is 19.3 Å². The van der Waals surface area contributed by atoms with Gasteiger partial charge in [-0.15, -0.1) is 10.2 Å². The highest BCUT2D eigenvalue weighted by atomic mass is 35.5. The summed E-state index contributed by atoms with van der Waals surface area (Å²) in [6.07, 6.45) is 3.60. The summed E-state index contributed by atoms with van der Waals surface area (Å²) in [7, 11) is 0. The molecule has 1 aliphatic heterocycles. The van der Waals surface area contributed by atoms with Crippen molar-refractivity contribution in [3.05, 3.63) is 94.8 Å². The Balaban J connectivity index is 1.75. The van der Waals surface area contributed by atoms with Gasteiger partial charge in [0, 0.05) is 28.5 Å². The molecule has 8 heteroatoms. The smallest absolute Gasteiger partial charge is 0.308 e. The summed E-state index contributed by atoms with van der Waals surface area (Å²) in [5.41, 5.74) is 5.52. The molecule has 3 heterocycles. The fraction of sp³-hybridized carbons (Fsp3) is 0.192. The molecule has 0 amide bonds. The number of carbonyl (C=O) groups excluding carboxylic acids is 1. The number of ether oxygens (including phenoxy) is 1. The third kappa shape index (κ3) is 4.10. The standard InChI is InChI=1S/C26H22ClN5O2/c1-3-34-24(33)15-22-26-31-30-16(2)32(26)23-9-6-19(17-10-12-28-13-11-17)14-21(23)25(29-22)18-4-7-20(27)8-5-18/h4-14,22H,3,15H2,1-2H3/t22-/m0/s1. The second-order valence-electron chi connectivity index (χ2n) is 7.92. The summed E-state index contributed by atoms with van der Waals surface area (Å²) in [4.78, 5) is 21.7. The number of aromatic nitrogens is 4. The zero-order valence-electron chi connectivity index (χ0n) is 18.8. The molecule has 0 N–H and O–H groups in total. The van der Waals surface area contributed by atoms with Crippen molar-refractivity contribution in [2.24, 2.45) is 4.99 Å². The molecule has 0 saturated heterocycles. The third-order valence-corrected chi connectivity index (χ3v) is 5.97. The van der Waals surface area contributed by atoms with Gasteiger partial charge in [-0.2, -0.15) is 0 Å². The van der Waals surface area contributed by atoms with E-state index >= 15 is 0 Å². The van der Waals surface area contributed by atoms with Crippen LogP contribution in [-0.2, 0) is 9.53 Å². The number of carbonyl (C=O) groups is 1. The van der Waals surface area contributed by atoms with Crippen LogP contribution in [0.3, 0.4) is 0 Å². The molecule has 0 radical (unpaired) electrons. The first-order valence-corrected chi connectivity index (χ1v) is 11.4. The zero-order valence-corrected chi connectivity index (χ0v) is 19.5. The zero-order chi connectivity index (χ0) is 23.7. The van der Waals surface area contributed by atoms with Gasteiger partial charge in [-0.05, 0) is 61.4 Å². The molecular weight excluding hydrogens is 450 g/mol. The Hall–Kier alpha value is -3.84. The van der Waals surface area contributed by atoms with Crippen LogP contribution in [0.25, 0.3) is 16.8 Å². The van der Waals surface area contributed by atoms with E-state index in [1.807, 2.05) is 54.0 Å². The first kappa shape index (κ1) is 22.0. The van der Waals surface area contributed by atoms with Crippen LogP contribution in [0.15, 0.2) is 72.0 Å². The van der Waals surface area contributed by atoms with Crippen LogP contribution in [0, 0.1) is 6.92 Å². The number of rotatable bonds is 5. The van der Waals surface area contributed by atoms with E-state index in [2.05, 4.69) is 27.3 Å². The molecule has 170 valence electrons. The number of esters is 1. The Morgan fingerprint density at radius 3 is 2.47 bits per heavy atom. The number of pyridine rings is 1. The van der Waals surface area contributed by atoms with E-state index in [-0.39, 0.29) is 12.4 Å². The molecule has 7 nitrogen and oxygen atoms in total. The summed E-state index contributed by atoms with van der Waals surface area (Å²) < 4.78 is 7.20. The summed E-state index contributed by atoms with van der Waals surface area (Å²) in [6.45, 7) is 3.99. The Morgan fingerprint density at radius 1 is 1.00 bits per heavy atom. The highest BCUT2D eigenvalue weighted by molar-refractivity contribution is 6.30. The van der Waals surface area contributed by atoms with Crippen LogP contribution in [0.5, 0.6) is 0 Å². The van der Waals surface area contributed by atoms with E-state index in [0.717, 1.165) is 33.7 Å². The number of nitrogens with zero attached hydrogens (tertiary/aromatic N) is 5. The molecule has 5 rings (SSSR count). The molecular formula is C26H22ClN5O2. The lowest BCUT2D eigenvalue weighted by Gasteiger charge is -2.14. The number of aryl methyl sites for hydroxylation is 1. The third-order valence-electron chi connectivity index (χ3n) is 5.72. The minimum atomic E-state index is -0.553. The molecule has 2 aromatic heterocycles. The molecule has 34 heavy (non-hydrogen) atoms. The molecule has 0 aliphatic carbocycles. The van der Waals surface area contributed by atoms with E-state index in [9.17, 15) is 4.79 Å². The number of halogens is 1. The topological polar surface area (TPSA) is 82.3 Å². The van der Waals surface area contributed by atoms with Gasteiger partial charge in [0.25, 0.3) is 0 Å². The largest absolute Gasteiger partial charge is 0.466 e. The fourth-order valence-electron chi connectivity index (χ4n) is 4.17. The lowest BCUT2D eigenvalue weighted by Crippen LogP contribution is -2.13. The second-order valence-corrected chi connectivity index (χ2v) is 8.35. The number of benzene rings is 2. The molecule has 0 saturated carbocycles. The Labute approximate surface area is 202 Å². The molecule has 2 aromatic carbocycles. The van der Waals surface area contributed by atoms with E-state index in [1.165, 1.54) is 0 Å². The van der Waals surface area contributed by atoms with Gasteiger partial charge in [0.15, 0.2) is 5.82 Å². The number of hydrogen-bond donors (Lipinski definition) is 0. The van der Waals surface area contributed by atoms with Crippen LogP contribution < -0.4 is 0 Å². The van der Waals surface area contributed by atoms with Crippen molar-refractivity contribution in [2.45, 2.75) is 26.3 Å². The van der Waals surface area contributed by atoms with Gasteiger partial charge in [-0.1, -0.05) is 29.8 Å². The first-order chi connectivity index (χ1) is 16.5. The van der Waals surface area contributed by atoms with Gasteiger partial charge in [0.2, 0.25) is 0 Å². The van der Waals surface area contributed by atoms with Crippen molar-refractivity contribution in [3.63, 3.8) is 0 Å². The summed E-state index contributed by atoms with van der Waals surface area (Å²) >= 11 is 6.17. The predicted molar refractivity (Wildman–Crippen MR) is 130 cm³/mol. The highest BCUT2D eigenvalue weighted by Gasteiger charge is 2.30. The molecule has 1 atom stereocenters. The van der Waals surface area contributed by atoms with E-state index in [0.29, 0.717) is 23.3 Å². The molecule has 1 aliphatic rings. The molecule has 0 fully saturated rings. The first-order valence-electron chi connectivity index (χ1n) is 11.0. The van der Waals surface area contributed by atoms with Gasteiger partial charge in [0.1, 0.15) is 11.9 Å². The van der Waals surface area contributed by atoms with E-state index in [4.69, 9.17) is 21.3 Å². The number of aliphatic imine (C=N–C) groups is 1. The number of hydrogen-bond acceptors (Lipinski definition) is 6. The van der Waals surface area contributed by atoms with Crippen molar-refractivity contribution in [3.8, 4) is 16.8 Å². The van der Waals surface area contributed by atoms with Crippen LogP contribution in [0.4, 0.5) is 0 Å². The van der Waals surface area contributed by atoms with E-state index in [1.54, 1.807) is 19.3 Å². The molecule has 0 unspecified atom stereocenters. The maximum Gasteiger partial charge on any atom is 0.308 e. The maximum atomic E-state index is 12.5. The monoisotopic (exact) mass is 471 g/mol. The quantitative estimate of drug-likeness (QED) is 0.376. The Morgan fingerprint density at radius 2 is 1.74 bits per heavy atom. The minimum absolute atomic E-state index is 0.0638. The predicted octanol–water partition coefficient (Wildman–Crippen LogP) is 5.14. The van der Waals surface area contributed by atoms with Gasteiger partial charge >= 0.3 is 5.97 Å². The number of fused-ring (bicyclic) bond motifs is 3. The summed E-state index contributed by atoms with van der Waals surface area (Å²) in [5, 5.41) is 9.34. The SMILES string of the molecule is CCOC(=O)C[C@@H]1N=C(c2ccc(Cl)cc2)c2cc(-c3ccncc3)ccc2-n2c(C)nnc21. The van der Waals surface area contributed by atoms with Gasteiger partial charge < -0.3 is 4.74 Å². The second kappa shape index (κ2) is 9.19. The van der Waals surface area contributed by atoms with Crippen LogP contribution in [-0.4, -0.2) is 38.0 Å². The van der Waals surface area contributed by atoms with E-state index < -0.39 is 6.04 Å². The Bertz CT molecular complexity index is 1380.